The second-order valence-corrected chi connectivity index (χ2v) is 7.57. The molecule has 136 valence electrons. The molecular formula is C20H28N2O3. The summed E-state index contributed by atoms with van der Waals surface area (Å²) < 4.78 is 11.9. The predicted molar refractivity (Wildman–Crippen MR) is 95.1 cm³/mol. The number of hydrogen-bond acceptors (Lipinski definition) is 4. The van der Waals surface area contributed by atoms with Crippen LogP contribution in [0.4, 0.5) is 0 Å². The van der Waals surface area contributed by atoms with E-state index in [-0.39, 0.29) is 18.1 Å². The number of hydrogen-bond donors (Lipinski definition) is 1. The van der Waals surface area contributed by atoms with Crippen LogP contribution in [0.15, 0.2) is 30.3 Å². The van der Waals surface area contributed by atoms with Crippen molar-refractivity contribution in [1.82, 2.24) is 10.2 Å². The number of nitrogens with one attached hydrogen (secondary N) is 1. The van der Waals surface area contributed by atoms with Crippen LogP contribution in [-0.4, -0.2) is 55.3 Å². The van der Waals surface area contributed by atoms with Crippen molar-refractivity contribution in [3.63, 3.8) is 0 Å². The Morgan fingerprint density at radius 1 is 1.24 bits per heavy atom. The van der Waals surface area contributed by atoms with E-state index in [2.05, 4.69) is 22.3 Å². The molecule has 1 aromatic carbocycles. The molecule has 3 aliphatic rings. The van der Waals surface area contributed by atoms with Crippen molar-refractivity contribution in [3.8, 4) is 0 Å². The van der Waals surface area contributed by atoms with E-state index in [1.807, 2.05) is 18.2 Å². The Balaban J connectivity index is 1.17. The van der Waals surface area contributed by atoms with Gasteiger partial charge in [0, 0.05) is 19.1 Å². The molecule has 2 heterocycles. The van der Waals surface area contributed by atoms with Crippen LogP contribution in [0.25, 0.3) is 0 Å². The van der Waals surface area contributed by atoms with Crippen LogP contribution in [0, 0.1) is 5.92 Å². The zero-order valence-electron chi connectivity index (χ0n) is 14.7. The maximum absolute atomic E-state index is 12.2. The van der Waals surface area contributed by atoms with Crippen molar-refractivity contribution in [2.24, 2.45) is 5.92 Å². The van der Waals surface area contributed by atoms with E-state index in [0.29, 0.717) is 18.6 Å². The first kappa shape index (κ1) is 17.0. The molecule has 1 saturated carbocycles. The highest BCUT2D eigenvalue weighted by molar-refractivity contribution is 5.81. The van der Waals surface area contributed by atoms with Gasteiger partial charge in [-0.25, -0.2) is 0 Å². The molecule has 2 saturated heterocycles. The molecule has 5 heteroatoms. The Hall–Kier alpha value is -1.43. The van der Waals surface area contributed by atoms with E-state index in [0.717, 1.165) is 51.9 Å². The third-order valence-corrected chi connectivity index (χ3v) is 5.52. The average molecular weight is 344 g/mol. The first-order chi connectivity index (χ1) is 12.3. The number of piperidine rings is 1. The second-order valence-electron chi connectivity index (χ2n) is 7.57. The van der Waals surface area contributed by atoms with E-state index in [9.17, 15) is 4.79 Å². The molecule has 2 aliphatic heterocycles. The summed E-state index contributed by atoms with van der Waals surface area (Å²) >= 11 is 0. The van der Waals surface area contributed by atoms with Crippen molar-refractivity contribution < 1.29 is 14.3 Å². The van der Waals surface area contributed by atoms with E-state index < -0.39 is 0 Å². The summed E-state index contributed by atoms with van der Waals surface area (Å²) in [6.07, 6.45) is 4.24. The van der Waals surface area contributed by atoms with Crippen LogP contribution >= 0.6 is 0 Å². The number of fused-ring (bicyclic) bond motifs is 1. The Kier molecular flexibility index (Phi) is 5.34. The van der Waals surface area contributed by atoms with E-state index in [1.54, 1.807) is 0 Å². The number of nitrogens with zero attached hydrogens (tertiary/aromatic N) is 1. The van der Waals surface area contributed by atoms with Gasteiger partial charge in [0.05, 0.1) is 19.3 Å². The van der Waals surface area contributed by atoms with Crippen LogP contribution in [0.5, 0.6) is 0 Å². The molecule has 1 amide bonds. The van der Waals surface area contributed by atoms with Gasteiger partial charge in [0.15, 0.2) is 0 Å². The van der Waals surface area contributed by atoms with Crippen LogP contribution in [0.2, 0.25) is 0 Å². The largest absolute Gasteiger partial charge is 0.375 e. The van der Waals surface area contributed by atoms with Crippen LogP contribution in [0.3, 0.4) is 0 Å². The zero-order chi connectivity index (χ0) is 17.1. The first-order valence-corrected chi connectivity index (χ1v) is 9.58. The lowest BCUT2D eigenvalue weighted by Crippen LogP contribution is -2.43. The summed E-state index contributed by atoms with van der Waals surface area (Å²) in [7, 11) is 0. The Bertz CT molecular complexity index is 576. The molecule has 0 unspecified atom stereocenters. The quantitative estimate of drug-likeness (QED) is 0.769. The van der Waals surface area contributed by atoms with Gasteiger partial charge in [-0.05, 0) is 43.7 Å². The summed E-state index contributed by atoms with van der Waals surface area (Å²) in [5.41, 5.74) is 1.21. The topological polar surface area (TPSA) is 50.8 Å². The van der Waals surface area contributed by atoms with Gasteiger partial charge >= 0.3 is 0 Å². The molecule has 25 heavy (non-hydrogen) atoms. The highest BCUT2D eigenvalue weighted by atomic mass is 16.5. The highest BCUT2D eigenvalue weighted by Crippen LogP contribution is 2.33. The molecule has 1 aromatic rings. The van der Waals surface area contributed by atoms with Crippen LogP contribution in [0.1, 0.15) is 31.2 Å². The van der Waals surface area contributed by atoms with Gasteiger partial charge in [0.25, 0.3) is 0 Å². The Labute approximate surface area is 149 Å². The zero-order valence-corrected chi connectivity index (χ0v) is 14.7. The minimum atomic E-state index is -0.232. The maximum Gasteiger partial charge on any atom is 0.249 e. The molecule has 0 radical (unpaired) electrons. The van der Waals surface area contributed by atoms with Gasteiger partial charge in [-0.2, -0.15) is 0 Å². The summed E-state index contributed by atoms with van der Waals surface area (Å²) in [5.74, 6) is 0.645. The molecule has 3 atom stereocenters. The number of likely N-dealkylation sites (tertiary alicyclic amines) is 1. The lowest BCUT2D eigenvalue weighted by atomic mass is 9.91. The summed E-state index contributed by atoms with van der Waals surface area (Å²) in [6.45, 7) is 4.33. The van der Waals surface area contributed by atoms with Gasteiger partial charge < -0.3 is 14.8 Å². The predicted octanol–water partition coefficient (Wildman–Crippen LogP) is 1.96. The maximum atomic E-state index is 12.2. The highest BCUT2D eigenvalue weighted by Gasteiger charge is 2.42. The fraction of sp³-hybridized carbons (Fsp3) is 0.650. The molecule has 0 bridgehead atoms. The van der Waals surface area contributed by atoms with Gasteiger partial charge in [-0.3, -0.25) is 9.69 Å². The van der Waals surface area contributed by atoms with Gasteiger partial charge in [-0.1, -0.05) is 30.3 Å². The molecular weight excluding hydrogens is 316 g/mol. The molecule has 5 nitrogen and oxygen atoms in total. The van der Waals surface area contributed by atoms with Crippen molar-refractivity contribution in [3.05, 3.63) is 35.9 Å². The van der Waals surface area contributed by atoms with Crippen molar-refractivity contribution in [2.75, 3.05) is 26.2 Å². The average Bonchev–Trinajstić information content (AvgIpc) is 3.34. The van der Waals surface area contributed by atoms with E-state index in [1.165, 1.54) is 5.56 Å². The number of carbonyl (C=O) groups excluding carboxylic acids is 1. The van der Waals surface area contributed by atoms with Gasteiger partial charge in [0.2, 0.25) is 5.91 Å². The van der Waals surface area contributed by atoms with Gasteiger partial charge in [-0.15, -0.1) is 0 Å². The minimum absolute atomic E-state index is 0.106. The molecule has 1 aliphatic carbocycles. The lowest BCUT2D eigenvalue weighted by Gasteiger charge is -2.33. The summed E-state index contributed by atoms with van der Waals surface area (Å²) in [4.78, 5) is 14.6. The number of ether oxygens (including phenoxy) is 2. The fourth-order valence-corrected chi connectivity index (χ4v) is 3.85. The van der Waals surface area contributed by atoms with Crippen LogP contribution in [-0.2, 0) is 20.9 Å². The third kappa shape index (κ3) is 4.60. The number of carbonyl (C=O) groups is 1. The number of benzene rings is 1. The standard InChI is InChI=1S/C20H28N2O3/c23-20(21-17-6-7-17)18-12-16-8-9-22(13-19(16)25-18)10-11-24-14-15-4-2-1-3-5-15/h1-5,16-19H,6-14H2,(H,21,23)/t16-,18-,19+/m0/s1. The summed E-state index contributed by atoms with van der Waals surface area (Å²) in [6, 6.07) is 10.7. The van der Waals surface area contributed by atoms with E-state index in [4.69, 9.17) is 9.47 Å². The number of amides is 1. The monoisotopic (exact) mass is 344 g/mol. The fourth-order valence-electron chi connectivity index (χ4n) is 3.85. The molecule has 3 fully saturated rings. The Morgan fingerprint density at radius 2 is 2.08 bits per heavy atom. The Morgan fingerprint density at radius 3 is 2.88 bits per heavy atom. The minimum Gasteiger partial charge on any atom is -0.375 e. The molecule has 1 N–H and O–H groups in total. The SMILES string of the molecule is O=C(NC1CC1)[C@@H]1C[C@@H]2CCN(CCOCc3ccccc3)C[C@H]2O1. The van der Waals surface area contributed by atoms with Crippen molar-refractivity contribution in [2.45, 2.75) is 50.5 Å². The van der Waals surface area contributed by atoms with Gasteiger partial charge in [0.1, 0.15) is 6.10 Å². The second kappa shape index (κ2) is 7.85. The normalized spacial score (nSPS) is 29.4. The van der Waals surface area contributed by atoms with Crippen molar-refractivity contribution in [1.29, 1.82) is 0 Å². The molecule has 4 rings (SSSR count). The first-order valence-electron chi connectivity index (χ1n) is 9.58. The smallest absolute Gasteiger partial charge is 0.249 e. The number of rotatable bonds is 7. The summed E-state index contributed by atoms with van der Waals surface area (Å²) in [5, 5.41) is 3.08. The van der Waals surface area contributed by atoms with Crippen molar-refractivity contribution >= 4 is 5.91 Å². The lowest BCUT2D eigenvalue weighted by molar-refractivity contribution is -0.133. The van der Waals surface area contributed by atoms with E-state index >= 15 is 0 Å². The third-order valence-electron chi connectivity index (χ3n) is 5.52. The molecule has 0 spiro atoms. The molecule has 0 aromatic heterocycles. The van der Waals surface area contributed by atoms with Crippen LogP contribution < -0.4 is 5.32 Å².